The smallest absolute Gasteiger partial charge is 0.249 e. The number of amides is 1. The van der Waals surface area contributed by atoms with Crippen molar-refractivity contribution in [3.63, 3.8) is 0 Å². The van der Waals surface area contributed by atoms with E-state index in [4.69, 9.17) is 4.74 Å². The number of carbonyl (C=O) groups is 1. The topological polar surface area (TPSA) is 72.3 Å². The van der Waals surface area contributed by atoms with E-state index in [2.05, 4.69) is 34.1 Å². The van der Waals surface area contributed by atoms with Crippen LogP contribution in [0.3, 0.4) is 0 Å². The van der Waals surface area contributed by atoms with E-state index in [9.17, 15) is 4.79 Å². The van der Waals surface area contributed by atoms with Crippen LogP contribution in [0.25, 0.3) is 0 Å². The summed E-state index contributed by atoms with van der Waals surface area (Å²) in [6, 6.07) is 15.0. The number of aromatic nitrogens is 3. The van der Waals surface area contributed by atoms with E-state index in [0.717, 1.165) is 30.0 Å². The van der Waals surface area contributed by atoms with E-state index in [1.54, 1.807) is 17.1 Å². The average Bonchev–Trinajstić information content (AvgIpc) is 3.27. The zero-order valence-corrected chi connectivity index (χ0v) is 17.3. The first-order valence-corrected chi connectivity index (χ1v) is 10.3. The lowest BCUT2D eigenvalue weighted by molar-refractivity contribution is -0.123. The van der Waals surface area contributed by atoms with Crippen molar-refractivity contribution in [2.45, 2.75) is 38.6 Å². The summed E-state index contributed by atoms with van der Waals surface area (Å²) in [7, 11) is 0. The highest BCUT2D eigenvalue weighted by Crippen LogP contribution is 2.20. The fourth-order valence-corrected chi connectivity index (χ4v) is 3.85. The second kappa shape index (κ2) is 9.09. The maximum atomic E-state index is 13.0. The van der Waals surface area contributed by atoms with Crippen LogP contribution < -0.4 is 10.2 Å². The molecule has 7 nitrogen and oxygen atoms in total. The summed E-state index contributed by atoms with van der Waals surface area (Å²) in [5, 5.41) is 7.30. The summed E-state index contributed by atoms with van der Waals surface area (Å²) in [5.74, 6) is 0.829. The van der Waals surface area contributed by atoms with Crippen LogP contribution in [0.2, 0.25) is 0 Å². The molecule has 0 bridgehead atoms. The summed E-state index contributed by atoms with van der Waals surface area (Å²) < 4.78 is 7.47. The Morgan fingerprint density at radius 3 is 2.53 bits per heavy atom. The van der Waals surface area contributed by atoms with Gasteiger partial charge in [-0.05, 0) is 37.1 Å². The molecule has 4 rings (SSSR count). The van der Waals surface area contributed by atoms with Crippen molar-refractivity contribution < 1.29 is 9.53 Å². The SMILES string of the molecule is CC1CN(c2ccc(CNC(=O)C(c3ccccc3)n3cccn3)cn2)CC(C)O1. The fraction of sp³-hybridized carbons (Fsp3) is 0.348. The second-order valence-corrected chi connectivity index (χ2v) is 7.70. The lowest BCUT2D eigenvalue weighted by Crippen LogP contribution is -2.45. The first-order valence-electron chi connectivity index (χ1n) is 10.3. The van der Waals surface area contributed by atoms with Crippen LogP contribution in [0, 0.1) is 0 Å². The monoisotopic (exact) mass is 405 g/mol. The van der Waals surface area contributed by atoms with Crippen LogP contribution in [0.1, 0.15) is 31.0 Å². The summed E-state index contributed by atoms with van der Waals surface area (Å²) in [4.78, 5) is 19.8. The van der Waals surface area contributed by atoms with Crippen LogP contribution in [0.5, 0.6) is 0 Å². The van der Waals surface area contributed by atoms with Crippen molar-refractivity contribution in [2.24, 2.45) is 0 Å². The predicted molar refractivity (Wildman–Crippen MR) is 115 cm³/mol. The van der Waals surface area contributed by atoms with E-state index in [-0.39, 0.29) is 18.1 Å². The Balaban J connectivity index is 1.41. The number of hydrogen-bond acceptors (Lipinski definition) is 5. The number of rotatable bonds is 6. The number of nitrogens with zero attached hydrogens (tertiary/aromatic N) is 4. The molecule has 1 aliphatic heterocycles. The van der Waals surface area contributed by atoms with Crippen LogP contribution in [-0.2, 0) is 16.1 Å². The van der Waals surface area contributed by atoms with Gasteiger partial charge in [0.05, 0.1) is 12.2 Å². The molecule has 3 aromatic rings. The van der Waals surface area contributed by atoms with E-state index in [1.165, 1.54) is 0 Å². The lowest BCUT2D eigenvalue weighted by Gasteiger charge is -2.36. The number of anilines is 1. The van der Waals surface area contributed by atoms with E-state index < -0.39 is 6.04 Å². The minimum atomic E-state index is -0.509. The van der Waals surface area contributed by atoms with Gasteiger partial charge in [-0.1, -0.05) is 36.4 Å². The van der Waals surface area contributed by atoms with Gasteiger partial charge in [-0.15, -0.1) is 0 Å². The molecule has 0 saturated carbocycles. The molecule has 3 heterocycles. The van der Waals surface area contributed by atoms with E-state index in [1.807, 2.05) is 54.7 Å². The van der Waals surface area contributed by atoms with Crippen molar-refractivity contribution in [3.8, 4) is 0 Å². The van der Waals surface area contributed by atoms with Gasteiger partial charge >= 0.3 is 0 Å². The molecule has 7 heteroatoms. The molecule has 30 heavy (non-hydrogen) atoms. The minimum absolute atomic E-state index is 0.107. The molecule has 1 N–H and O–H groups in total. The average molecular weight is 406 g/mol. The molecule has 1 aliphatic rings. The Morgan fingerprint density at radius 1 is 1.13 bits per heavy atom. The third-order valence-corrected chi connectivity index (χ3v) is 5.17. The Hall–Kier alpha value is -3.19. The summed E-state index contributed by atoms with van der Waals surface area (Å²) in [5.41, 5.74) is 1.84. The van der Waals surface area contributed by atoms with Gasteiger partial charge in [0.25, 0.3) is 0 Å². The molecule has 1 amide bonds. The quantitative estimate of drug-likeness (QED) is 0.683. The minimum Gasteiger partial charge on any atom is -0.372 e. The molecular formula is C23H27N5O2. The van der Waals surface area contributed by atoms with Gasteiger partial charge in [-0.3, -0.25) is 9.48 Å². The number of morpholine rings is 1. The normalized spacial score (nSPS) is 20.0. The zero-order valence-electron chi connectivity index (χ0n) is 17.3. The van der Waals surface area contributed by atoms with Gasteiger partial charge in [-0.2, -0.15) is 5.10 Å². The van der Waals surface area contributed by atoms with Crippen molar-refractivity contribution >= 4 is 11.7 Å². The van der Waals surface area contributed by atoms with Gasteiger partial charge < -0.3 is 15.0 Å². The molecule has 0 spiro atoms. The number of ether oxygens (including phenoxy) is 1. The fourth-order valence-electron chi connectivity index (χ4n) is 3.85. The second-order valence-electron chi connectivity index (χ2n) is 7.70. The number of benzene rings is 1. The van der Waals surface area contributed by atoms with Crippen molar-refractivity contribution in [3.05, 3.63) is 78.2 Å². The van der Waals surface area contributed by atoms with Crippen molar-refractivity contribution in [1.82, 2.24) is 20.1 Å². The molecule has 2 aromatic heterocycles. The van der Waals surface area contributed by atoms with E-state index in [0.29, 0.717) is 6.54 Å². The van der Waals surface area contributed by atoms with Crippen LogP contribution in [0.4, 0.5) is 5.82 Å². The zero-order chi connectivity index (χ0) is 20.9. The van der Waals surface area contributed by atoms with Crippen LogP contribution in [0.15, 0.2) is 67.1 Å². The number of pyridine rings is 1. The summed E-state index contributed by atoms with van der Waals surface area (Å²) in [6.07, 6.45) is 5.68. The maximum absolute atomic E-state index is 13.0. The van der Waals surface area contributed by atoms with Gasteiger partial charge in [0.15, 0.2) is 6.04 Å². The van der Waals surface area contributed by atoms with Crippen molar-refractivity contribution in [1.29, 1.82) is 0 Å². The third-order valence-electron chi connectivity index (χ3n) is 5.17. The molecule has 0 radical (unpaired) electrons. The Kier molecular flexibility index (Phi) is 6.09. The van der Waals surface area contributed by atoms with Gasteiger partial charge in [0.2, 0.25) is 5.91 Å². The first kappa shape index (κ1) is 20.1. The predicted octanol–water partition coefficient (Wildman–Crippen LogP) is 2.80. The largest absolute Gasteiger partial charge is 0.372 e. The summed E-state index contributed by atoms with van der Waals surface area (Å²) in [6.45, 7) is 6.23. The highest BCUT2D eigenvalue weighted by molar-refractivity contribution is 5.83. The van der Waals surface area contributed by atoms with Crippen LogP contribution in [-0.4, -0.2) is 46.0 Å². The number of hydrogen-bond donors (Lipinski definition) is 1. The summed E-state index contributed by atoms with van der Waals surface area (Å²) >= 11 is 0. The third kappa shape index (κ3) is 4.68. The van der Waals surface area contributed by atoms with Crippen LogP contribution >= 0.6 is 0 Å². The Labute approximate surface area is 176 Å². The Bertz CT molecular complexity index is 933. The van der Waals surface area contributed by atoms with Gasteiger partial charge in [0.1, 0.15) is 5.82 Å². The highest BCUT2D eigenvalue weighted by Gasteiger charge is 2.24. The molecule has 1 fully saturated rings. The molecule has 3 atom stereocenters. The maximum Gasteiger partial charge on any atom is 0.249 e. The molecule has 156 valence electrons. The van der Waals surface area contributed by atoms with E-state index >= 15 is 0 Å². The molecule has 1 saturated heterocycles. The van der Waals surface area contributed by atoms with Gasteiger partial charge in [-0.25, -0.2) is 4.98 Å². The van der Waals surface area contributed by atoms with Gasteiger partial charge in [0, 0.05) is 38.2 Å². The number of carbonyl (C=O) groups excluding carboxylic acids is 1. The molecule has 1 aromatic carbocycles. The first-order chi connectivity index (χ1) is 14.6. The molecule has 0 aliphatic carbocycles. The lowest BCUT2D eigenvalue weighted by atomic mass is 10.1. The molecule has 3 unspecified atom stereocenters. The Morgan fingerprint density at radius 2 is 1.90 bits per heavy atom. The standard InChI is InChI=1S/C23H27N5O2/c1-17-15-27(16-18(2)30-17)21-10-9-19(13-24-21)14-25-23(29)22(28-12-6-11-26-28)20-7-4-3-5-8-20/h3-13,17-18,22H,14-16H2,1-2H3,(H,25,29). The van der Waals surface area contributed by atoms with Crippen molar-refractivity contribution in [2.75, 3.05) is 18.0 Å². The highest BCUT2D eigenvalue weighted by atomic mass is 16.5. The number of nitrogens with one attached hydrogen (secondary N) is 1. The molecular weight excluding hydrogens is 378 g/mol.